The summed E-state index contributed by atoms with van der Waals surface area (Å²) in [6, 6.07) is -1.04. The lowest BCUT2D eigenvalue weighted by Gasteiger charge is -2.11. The molecule has 1 amide bonds. The molecule has 0 aromatic carbocycles. The summed E-state index contributed by atoms with van der Waals surface area (Å²) in [6.07, 6.45) is 4.00. The van der Waals surface area contributed by atoms with Crippen molar-refractivity contribution in [1.29, 1.82) is 0 Å². The van der Waals surface area contributed by atoms with Crippen molar-refractivity contribution < 1.29 is 14.7 Å². The predicted molar refractivity (Wildman–Crippen MR) is 60.7 cm³/mol. The number of amides is 1. The van der Waals surface area contributed by atoms with Crippen molar-refractivity contribution in [2.24, 2.45) is 0 Å². The first-order valence-electron chi connectivity index (χ1n) is 4.66. The highest BCUT2D eigenvalue weighted by atomic mass is 35.5. The van der Waals surface area contributed by atoms with Gasteiger partial charge in [0.15, 0.2) is 0 Å². The van der Waals surface area contributed by atoms with E-state index in [1.807, 2.05) is 0 Å². The summed E-state index contributed by atoms with van der Waals surface area (Å²) in [5.41, 5.74) is -0.0344. The van der Waals surface area contributed by atoms with Crippen molar-refractivity contribution in [3.05, 3.63) is 35.9 Å². The van der Waals surface area contributed by atoms with Gasteiger partial charge in [0, 0.05) is 0 Å². The Labute approximate surface area is 102 Å². The lowest BCUT2D eigenvalue weighted by atomic mass is 10.2. The lowest BCUT2D eigenvalue weighted by Crippen LogP contribution is -2.40. The van der Waals surface area contributed by atoms with E-state index >= 15 is 0 Å². The third-order valence-electron chi connectivity index (χ3n) is 1.84. The molecule has 0 fully saturated rings. The molecular formula is C10H10ClN3O3. The van der Waals surface area contributed by atoms with Crippen molar-refractivity contribution in [1.82, 2.24) is 15.3 Å². The van der Waals surface area contributed by atoms with Crippen LogP contribution in [0.25, 0.3) is 0 Å². The highest BCUT2D eigenvalue weighted by Gasteiger charge is 2.20. The van der Waals surface area contributed by atoms with Crippen LogP contribution in [-0.4, -0.2) is 33.0 Å². The van der Waals surface area contributed by atoms with E-state index < -0.39 is 17.9 Å². The van der Waals surface area contributed by atoms with Gasteiger partial charge in [-0.05, 0) is 6.42 Å². The number of carboxylic acids is 1. The van der Waals surface area contributed by atoms with Gasteiger partial charge in [-0.15, -0.1) is 6.58 Å². The summed E-state index contributed by atoms with van der Waals surface area (Å²) in [4.78, 5) is 29.8. The average molecular weight is 256 g/mol. The zero-order valence-corrected chi connectivity index (χ0v) is 9.52. The highest BCUT2D eigenvalue weighted by Crippen LogP contribution is 2.03. The van der Waals surface area contributed by atoms with Crippen LogP contribution in [0.15, 0.2) is 25.0 Å². The fraction of sp³-hybridized carbons (Fsp3) is 0.200. The molecule has 90 valence electrons. The van der Waals surface area contributed by atoms with E-state index in [0.29, 0.717) is 0 Å². The number of carbonyl (C=O) groups is 2. The third-order valence-corrected chi connectivity index (χ3v) is 2.03. The third kappa shape index (κ3) is 3.84. The highest BCUT2D eigenvalue weighted by molar-refractivity contribution is 6.29. The first-order chi connectivity index (χ1) is 8.04. The molecule has 0 aliphatic heterocycles. The van der Waals surface area contributed by atoms with Crippen LogP contribution >= 0.6 is 11.6 Å². The maximum Gasteiger partial charge on any atom is 0.326 e. The maximum atomic E-state index is 11.6. The van der Waals surface area contributed by atoms with Crippen molar-refractivity contribution in [3.8, 4) is 0 Å². The number of rotatable bonds is 5. The van der Waals surface area contributed by atoms with Crippen LogP contribution < -0.4 is 5.32 Å². The molecule has 0 radical (unpaired) electrons. The fourth-order valence-electron chi connectivity index (χ4n) is 1.07. The van der Waals surface area contributed by atoms with E-state index in [1.165, 1.54) is 18.5 Å². The minimum Gasteiger partial charge on any atom is -0.480 e. The number of nitrogens with zero attached hydrogens (tertiary/aromatic N) is 2. The summed E-state index contributed by atoms with van der Waals surface area (Å²) in [5.74, 6) is -1.79. The Morgan fingerprint density at radius 2 is 2.29 bits per heavy atom. The average Bonchev–Trinajstić information content (AvgIpc) is 2.28. The van der Waals surface area contributed by atoms with E-state index in [0.717, 1.165) is 0 Å². The van der Waals surface area contributed by atoms with Gasteiger partial charge in [0.2, 0.25) is 0 Å². The number of nitrogens with one attached hydrogen (secondary N) is 1. The Bertz CT molecular complexity index is 450. The van der Waals surface area contributed by atoms with Crippen molar-refractivity contribution >= 4 is 23.5 Å². The molecule has 1 aromatic heterocycles. The molecule has 1 rings (SSSR count). The molecule has 0 spiro atoms. The van der Waals surface area contributed by atoms with Gasteiger partial charge in [-0.25, -0.2) is 9.78 Å². The maximum absolute atomic E-state index is 11.6. The Balaban J connectivity index is 2.77. The van der Waals surface area contributed by atoms with E-state index in [2.05, 4.69) is 21.9 Å². The molecule has 0 saturated carbocycles. The first-order valence-corrected chi connectivity index (χ1v) is 5.04. The van der Waals surface area contributed by atoms with E-state index in [-0.39, 0.29) is 17.3 Å². The van der Waals surface area contributed by atoms with Gasteiger partial charge in [0.25, 0.3) is 5.91 Å². The molecule has 1 heterocycles. The standard InChI is InChI=1S/C10H10ClN3O3/c1-2-3-6(10(16)17)14-9(15)7-4-12-5-8(11)13-7/h2,4-6H,1,3H2,(H,14,15)(H,16,17). The topological polar surface area (TPSA) is 92.2 Å². The molecule has 2 N–H and O–H groups in total. The van der Waals surface area contributed by atoms with Gasteiger partial charge in [0.05, 0.1) is 12.4 Å². The Morgan fingerprint density at radius 3 is 2.82 bits per heavy atom. The number of hydrogen-bond acceptors (Lipinski definition) is 4. The molecule has 0 aliphatic rings. The molecule has 0 bridgehead atoms. The van der Waals surface area contributed by atoms with Crippen LogP contribution in [0.5, 0.6) is 0 Å². The van der Waals surface area contributed by atoms with Gasteiger partial charge in [-0.2, -0.15) is 0 Å². The van der Waals surface area contributed by atoms with Crippen LogP contribution in [0.1, 0.15) is 16.9 Å². The zero-order valence-electron chi connectivity index (χ0n) is 8.76. The predicted octanol–water partition coefficient (Wildman–Crippen LogP) is 0.889. The van der Waals surface area contributed by atoms with Crippen LogP contribution in [0.4, 0.5) is 0 Å². The molecule has 0 saturated heterocycles. The molecular weight excluding hydrogens is 246 g/mol. The SMILES string of the molecule is C=CCC(NC(=O)c1cncc(Cl)n1)C(=O)O. The molecule has 0 aliphatic carbocycles. The number of halogens is 1. The van der Waals surface area contributed by atoms with E-state index in [9.17, 15) is 9.59 Å². The summed E-state index contributed by atoms with van der Waals surface area (Å²) in [5, 5.41) is 11.2. The zero-order chi connectivity index (χ0) is 12.8. The Hall–Kier alpha value is -1.95. The summed E-state index contributed by atoms with van der Waals surface area (Å²) in [6.45, 7) is 3.41. The number of hydrogen-bond donors (Lipinski definition) is 2. The van der Waals surface area contributed by atoms with Gasteiger partial charge in [-0.3, -0.25) is 9.78 Å². The lowest BCUT2D eigenvalue weighted by molar-refractivity contribution is -0.139. The molecule has 1 atom stereocenters. The second-order valence-electron chi connectivity index (χ2n) is 3.12. The van der Waals surface area contributed by atoms with Crippen molar-refractivity contribution in [3.63, 3.8) is 0 Å². The summed E-state index contributed by atoms with van der Waals surface area (Å²) in [7, 11) is 0. The van der Waals surface area contributed by atoms with Gasteiger partial charge < -0.3 is 10.4 Å². The Morgan fingerprint density at radius 1 is 1.59 bits per heavy atom. The van der Waals surface area contributed by atoms with Crippen LogP contribution in [0.2, 0.25) is 5.15 Å². The molecule has 6 nitrogen and oxygen atoms in total. The van der Waals surface area contributed by atoms with E-state index in [1.54, 1.807) is 0 Å². The second kappa shape index (κ2) is 5.95. The normalized spacial score (nSPS) is 11.6. The van der Waals surface area contributed by atoms with Crippen LogP contribution in [-0.2, 0) is 4.79 Å². The summed E-state index contributed by atoms with van der Waals surface area (Å²) >= 11 is 5.56. The number of carboxylic acid groups (broad SMARTS) is 1. The minimum atomic E-state index is -1.15. The fourth-order valence-corrected chi connectivity index (χ4v) is 1.22. The smallest absolute Gasteiger partial charge is 0.326 e. The monoisotopic (exact) mass is 255 g/mol. The van der Waals surface area contributed by atoms with Crippen LogP contribution in [0.3, 0.4) is 0 Å². The number of carbonyl (C=O) groups excluding carboxylic acids is 1. The van der Waals surface area contributed by atoms with Crippen molar-refractivity contribution in [2.75, 3.05) is 0 Å². The van der Waals surface area contributed by atoms with E-state index in [4.69, 9.17) is 16.7 Å². The number of aromatic nitrogens is 2. The quantitative estimate of drug-likeness (QED) is 0.763. The first kappa shape index (κ1) is 13.1. The minimum absolute atomic E-state index is 0.0344. The van der Waals surface area contributed by atoms with Crippen LogP contribution in [0, 0.1) is 0 Å². The van der Waals surface area contributed by atoms with Crippen molar-refractivity contribution in [2.45, 2.75) is 12.5 Å². The molecule has 7 heteroatoms. The largest absolute Gasteiger partial charge is 0.480 e. The number of aliphatic carboxylic acids is 1. The van der Waals surface area contributed by atoms with Gasteiger partial charge in [0.1, 0.15) is 16.9 Å². The van der Waals surface area contributed by atoms with Gasteiger partial charge >= 0.3 is 5.97 Å². The molecule has 17 heavy (non-hydrogen) atoms. The Kier molecular flexibility index (Phi) is 4.59. The molecule has 1 aromatic rings. The van der Waals surface area contributed by atoms with Gasteiger partial charge in [-0.1, -0.05) is 17.7 Å². The molecule has 1 unspecified atom stereocenters. The second-order valence-corrected chi connectivity index (χ2v) is 3.50. The summed E-state index contributed by atoms with van der Waals surface area (Å²) < 4.78 is 0.